The SMILES string of the molecule is Cc1nn(Cc2ccccc2)c(C)c1[C@H]1C=C[C@@H](NC(=O)NC2CCCCC2)C1. The van der Waals surface area contributed by atoms with Crippen LogP contribution in [0.25, 0.3) is 0 Å². The molecule has 1 aromatic heterocycles. The zero-order chi connectivity index (χ0) is 20.2. The lowest BCUT2D eigenvalue weighted by Crippen LogP contribution is -2.46. The summed E-state index contributed by atoms with van der Waals surface area (Å²) in [5, 5.41) is 11.1. The summed E-state index contributed by atoms with van der Waals surface area (Å²) >= 11 is 0. The van der Waals surface area contributed by atoms with Gasteiger partial charge in [0.15, 0.2) is 0 Å². The molecule has 0 bridgehead atoms. The van der Waals surface area contributed by atoms with Gasteiger partial charge in [0.25, 0.3) is 0 Å². The molecule has 2 aliphatic rings. The van der Waals surface area contributed by atoms with E-state index in [2.05, 4.69) is 65.6 Å². The van der Waals surface area contributed by atoms with Crippen molar-refractivity contribution in [3.63, 3.8) is 0 Å². The molecular formula is C24H32N4O. The highest BCUT2D eigenvalue weighted by Crippen LogP contribution is 2.33. The fourth-order valence-electron chi connectivity index (χ4n) is 4.82. The molecule has 2 aliphatic carbocycles. The summed E-state index contributed by atoms with van der Waals surface area (Å²) in [6.07, 6.45) is 11.2. The van der Waals surface area contributed by atoms with Crippen molar-refractivity contribution < 1.29 is 4.79 Å². The second-order valence-electron chi connectivity index (χ2n) is 8.51. The summed E-state index contributed by atoms with van der Waals surface area (Å²) in [5.41, 5.74) is 4.86. The smallest absolute Gasteiger partial charge is 0.315 e. The summed E-state index contributed by atoms with van der Waals surface area (Å²) < 4.78 is 2.10. The first-order chi connectivity index (χ1) is 14.1. The molecule has 1 heterocycles. The van der Waals surface area contributed by atoms with Gasteiger partial charge < -0.3 is 10.6 Å². The van der Waals surface area contributed by atoms with Crippen LogP contribution in [0, 0.1) is 13.8 Å². The number of aromatic nitrogens is 2. The van der Waals surface area contributed by atoms with Crippen LogP contribution in [0.15, 0.2) is 42.5 Å². The van der Waals surface area contributed by atoms with Crippen LogP contribution < -0.4 is 10.6 Å². The topological polar surface area (TPSA) is 59.0 Å². The van der Waals surface area contributed by atoms with Gasteiger partial charge in [-0.3, -0.25) is 4.68 Å². The number of carbonyl (C=O) groups is 1. The summed E-state index contributed by atoms with van der Waals surface area (Å²) in [7, 11) is 0. The number of carbonyl (C=O) groups excluding carboxylic acids is 1. The first-order valence-corrected chi connectivity index (χ1v) is 10.9. The van der Waals surface area contributed by atoms with E-state index in [1.807, 2.05) is 6.07 Å². The molecule has 2 amide bonds. The lowest BCUT2D eigenvalue weighted by molar-refractivity contribution is 0.230. The lowest BCUT2D eigenvalue weighted by atomic mass is 9.95. The molecule has 0 unspecified atom stereocenters. The monoisotopic (exact) mass is 392 g/mol. The van der Waals surface area contributed by atoms with Crippen LogP contribution in [0.3, 0.4) is 0 Å². The number of amides is 2. The highest BCUT2D eigenvalue weighted by atomic mass is 16.2. The highest BCUT2D eigenvalue weighted by Gasteiger charge is 2.27. The number of benzene rings is 1. The molecule has 2 N–H and O–H groups in total. The van der Waals surface area contributed by atoms with Crippen LogP contribution >= 0.6 is 0 Å². The molecule has 2 aromatic rings. The Morgan fingerprint density at radius 3 is 2.59 bits per heavy atom. The van der Waals surface area contributed by atoms with E-state index in [1.165, 1.54) is 36.1 Å². The number of aryl methyl sites for hydroxylation is 1. The molecule has 154 valence electrons. The summed E-state index contributed by atoms with van der Waals surface area (Å²) in [6.45, 7) is 5.03. The van der Waals surface area contributed by atoms with Crippen molar-refractivity contribution in [2.24, 2.45) is 0 Å². The Hall–Kier alpha value is -2.56. The minimum absolute atomic E-state index is 0.0274. The standard InChI is InChI=1S/C24H32N4O/c1-17-23(18(2)28(27-17)16-19-9-5-3-6-10-19)20-13-14-22(15-20)26-24(29)25-21-11-7-4-8-12-21/h3,5-6,9-10,13-14,20-22H,4,7-8,11-12,15-16H2,1-2H3,(H2,25,26,29)/t20-,22+/m0/s1. The lowest BCUT2D eigenvalue weighted by Gasteiger charge is -2.24. The molecular weight excluding hydrogens is 360 g/mol. The van der Waals surface area contributed by atoms with Crippen LogP contribution in [-0.2, 0) is 6.54 Å². The summed E-state index contributed by atoms with van der Waals surface area (Å²) in [5.74, 6) is 0.305. The number of urea groups is 1. The van der Waals surface area contributed by atoms with Crippen molar-refractivity contribution >= 4 is 6.03 Å². The van der Waals surface area contributed by atoms with Gasteiger partial charge in [0.05, 0.1) is 12.2 Å². The number of hydrogen-bond acceptors (Lipinski definition) is 2. The Morgan fingerprint density at radius 2 is 1.83 bits per heavy atom. The van der Waals surface area contributed by atoms with Gasteiger partial charge in [0.1, 0.15) is 0 Å². The van der Waals surface area contributed by atoms with E-state index >= 15 is 0 Å². The molecule has 0 radical (unpaired) electrons. The highest BCUT2D eigenvalue weighted by molar-refractivity contribution is 5.75. The van der Waals surface area contributed by atoms with Crippen molar-refractivity contribution in [1.29, 1.82) is 0 Å². The second kappa shape index (κ2) is 8.85. The van der Waals surface area contributed by atoms with E-state index in [9.17, 15) is 4.79 Å². The minimum Gasteiger partial charge on any atom is -0.335 e. The number of nitrogens with zero attached hydrogens (tertiary/aromatic N) is 2. The van der Waals surface area contributed by atoms with Crippen molar-refractivity contribution in [3.05, 3.63) is 65.0 Å². The van der Waals surface area contributed by atoms with E-state index in [4.69, 9.17) is 5.10 Å². The number of hydrogen-bond donors (Lipinski definition) is 2. The Kier molecular flexibility index (Phi) is 6.02. The van der Waals surface area contributed by atoms with Crippen molar-refractivity contribution in [1.82, 2.24) is 20.4 Å². The van der Waals surface area contributed by atoms with Crippen LogP contribution in [0.5, 0.6) is 0 Å². The van der Waals surface area contributed by atoms with E-state index in [-0.39, 0.29) is 12.1 Å². The van der Waals surface area contributed by atoms with Gasteiger partial charge in [0, 0.05) is 29.3 Å². The quantitative estimate of drug-likeness (QED) is 0.731. The van der Waals surface area contributed by atoms with Gasteiger partial charge >= 0.3 is 6.03 Å². The first-order valence-electron chi connectivity index (χ1n) is 10.9. The molecule has 1 aromatic carbocycles. The van der Waals surface area contributed by atoms with Gasteiger partial charge in [-0.1, -0.05) is 61.7 Å². The Balaban J connectivity index is 1.36. The fraction of sp³-hybridized carbons (Fsp3) is 0.500. The summed E-state index contributed by atoms with van der Waals surface area (Å²) in [4.78, 5) is 12.4. The maximum Gasteiger partial charge on any atom is 0.315 e. The third kappa shape index (κ3) is 4.72. The van der Waals surface area contributed by atoms with Crippen molar-refractivity contribution in [2.45, 2.75) is 76.9 Å². The van der Waals surface area contributed by atoms with E-state index < -0.39 is 0 Å². The molecule has 29 heavy (non-hydrogen) atoms. The predicted octanol–water partition coefficient (Wildman–Crippen LogP) is 4.59. The molecule has 5 heteroatoms. The van der Waals surface area contributed by atoms with Gasteiger partial charge in [-0.05, 0) is 38.7 Å². The van der Waals surface area contributed by atoms with Crippen molar-refractivity contribution in [2.75, 3.05) is 0 Å². The zero-order valence-corrected chi connectivity index (χ0v) is 17.5. The largest absolute Gasteiger partial charge is 0.335 e. The molecule has 4 rings (SSSR count). The zero-order valence-electron chi connectivity index (χ0n) is 17.5. The molecule has 0 spiro atoms. The Morgan fingerprint density at radius 1 is 1.07 bits per heavy atom. The van der Waals surface area contributed by atoms with Gasteiger partial charge in [-0.2, -0.15) is 5.10 Å². The van der Waals surface area contributed by atoms with Crippen LogP contribution in [0.4, 0.5) is 4.79 Å². The normalized spacial score (nSPS) is 22.0. The third-order valence-corrected chi connectivity index (χ3v) is 6.32. The average Bonchev–Trinajstić information content (AvgIpc) is 3.27. The summed E-state index contributed by atoms with van der Waals surface area (Å²) in [6, 6.07) is 10.8. The van der Waals surface area contributed by atoms with Crippen LogP contribution in [-0.4, -0.2) is 27.9 Å². The molecule has 0 aliphatic heterocycles. The van der Waals surface area contributed by atoms with E-state index in [0.29, 0.717) is 12.0 Å². The maximum atomic E-state index is 12.4. The second-order valence-corrected chi connectivity index (χ2v) is 8.51. The average molecular weight is 393 g/mol. The van der Waals surface area contributed by atoms with E-state index in [0.717, 1.165) is 31.5 Å². The number of rotatable bonds is 5. The van der Waals surface area contributed by atoms with E-state index in [1.54, 1.807) is 0 Å². The Labute approximate surface area is 173 Å². The predicted molar refractivity (Wildman–Crippen MR) is 116 cm³/mol. The molecule has 1 saturated carbocycles. The van der Waals surface area contributed by atoms with Crippen LogP contribution in [0.2, 0.25) is 0 Å². The molecule has 5 nitrogen and oxygen atoms in total. The van der Waals surface area contributed by atoms with Gasteiger partial charge in [-0.15, -0.1) is 0 Å². The molecule has 0 saturated heterocycles. The maximum absolute atomic E-state index is 12.4. The number of allylic oxidation sites excluding steroid dienone is 1. The van der Waals surface area contributed by atoms with Gasteiger partial charge in [0.2, 0.25) is 0 Å². The molecule has 2 atom stereocenters. The fourth-order valence-corrected chi connectivity index (χ4v) is 4.82. The Bertz CT molecular complexity index is 865. The molecule has 1 fully saturated rings. The minimum atomic E-state index is -0.0274. The van der Waals surface area contributed by atoms with Crippen molar-refractivity contribution in [3.8, 4) is 0 Å². The van der Waals surface area contributed by atoms with Crippen LogP contribution in [0.1, 0.15) is 67.0 Å². The van der Waals surface area contributed by atoms with Gasteiger partial charge in [-0.25, -0.2) is 4.79 Å². The third-order valence-electron chi connectivity index (χ3n) is 6.32. The number of nitrogens with one attached hydrogen (secondary N) is 2. The first kappa shape index (κ1) is 19.7.